The fourth-order valence-electron chi connectivity index (χ4n) is 1.38. The minimum atomic E-state index is -2.88. The van der Waals surface area contributed by atoms with Gasteiger partial charge in [0.25, 0.3) is 0 Å². The molecule has 0 saturated heterocycles. The lowest BCUT2D eigenvalue weighted by molar-refractivity contribution is 0.414. The predicted octanol–water partition coefficient (Wildman–Crippen LogP) is 2.41. The molecule has 0 aliphatic heterocycles. The molecule has 2 aromatic rings. The molecule has 0 saturated carbocycles. The van der Waals surface area contributed by atoms with Crippen molar-refractivity contribution < 1.29 is 14.0 Å². The van der Waals surface area contributed by atoms with Gasteiger partial charge < -0.3 is 9.88 Å². The number of aromatic amines is 1. The number of nitrogens with one attached hydrogen (secondary N) is 1. The van der Waals surface area contributed by atoms with Gasteiger partial charge in [-0.1, -0.05) is 6.07 Å². The first-order chi connectivity index (χ1) is 9.90. The Bertz CT molecular complexity index is 692. The first kappa shape index (κ1) is 4.66. The lowest BCUT2D eigenvalue weighted by Crippen LogP contribution is -2.14. The van der Waals surface area contributed by atoms with E-state index in [1.165, 1.54) is 18.3 Å². The third-order valence-electron chi connectivity index (χ3n) is 2.01. The maximum Gasteiger partial charge on any atom is 0.132 e. The molecule has 0 aliphatic carbocycles. The number of hydrogen-bond acceptors (Lipinski definition) is 1. The monoisotopic (exact) mass is 213 g/mol. The number of fused-ring (bicyclic) bond motifs is 1. The third-order valence-corrected chi connectivity index (χ3v) is 2.01. The summed E-state index contributed by atoms with van der Waals surface area (Å²) in [5, 5.41) is -0.0877. The molecule has 2 nitrogen and oxygen atoms in total. The molecule has 3 heteroatoms. The van der Waals surface area contributed by atoms with Crippen LogP contribution in [0.4, 0.5) is 4.39 Å². The van der Waals surface area contributed by atoms with Gasteiger partial charge in [0.05, 0.1) is 0 Å². The molecular weight excluding hydrogens is 191 g/mol. The molecular formula is C12H15FN2. The molecule has 0 amide bonds. The van der Waals surface area contributed by atoms with Crippen LogP contribution in [0.5, 0.6) is 0 Å². The van der Waals surface area contributed by atoms with E-state index in [2.05, 4.69) is 4.98 Å². The largest absolute Gasteiger partial charge is 0.361 e. The number of nitrogens with zero attached hydrogens (tertiary/aromatic N) is 1. The third kappa shape index (κ3) is 2.02. The highest BCUT2D eigenvalue weighted by Crippen LogP contribution is 2.21. The van der Waals surface area contributed by atoms with Crippen LogP contribution in [0.2, 0.25) is 0 Å². The zero-order chi connectivity index (χ0) is 16.9. The fraction of sp³-hybridized carbons (Fsp3) is 0.333. The van der Waals surface area contributed by atoms with Crippen LogP contribution >= 0.6 is 0 Å². The van der Waals surface area contributed by atoms with Crippen molar-refractivity contribution in [3.8, 4) is 0 Å². The molecule has 0 unspecified atom stereocenters. The molecule has 1 aromatic carbocycles. The molecule has 2 rings (SSSR count). The highest BCUT2D eigenvalue weighted by atomic mass is 19.1. The number of benzene rings is 1. The fourth-order valence-corrected chi connectivity index (χ4v) is 1.38. The number of aryl methyl sites for hydroxylation is 1. The van der Waals surface area contributed by atoms with Crippen LogP contribution in [0, 0.1) is 5.82 Å². The summed E-state index contributed by atoms with van der Waals surface area (Å²) in [6.45, 7) is -5.71. The first-order valence-electron chi connectivity index (χ1n) is 7.90. The van der Waals surface area contributed by atoms with Gasteiger partial charge in [0.15, 0.2) is 0 Å². The lowest BCUT2D eigenvalue weighted by atomic mass is 10.1. The van der Waals surface area contributed by atoms with Gasteiger partial charge in [0.1, 0.15) is 5.82 Å². The van der Waals surface area contributed by atoms with Gasteiger partial charge in [-0.15, -0.1) is 0 Å². The van der Waals surface area contributed by atoms with Crippen LogP contribution in [-0.4, -0.2) is 30.4 Å². The predicted molar refractivity (Wildman–Crippen MR) is 60.5 cm³/mol. The molecule has 0 atom stereocenters. The van der Waals surface area contributed by atoms with Crippen LogP contribution in [0.25, 0.3) is 10.9 Å². The summed E-state index contributed by atoms with van der Waals surface area (Å²) in [6.07, 6.45) is -1.59. The normalized spacial score (nSPS) is 21.1. The average molecular weight is 213 g/mol. The van der Waals surface area contributed by atoms with E-state index in [1.807, 2.05) is 0 Å². The SMILES string of the molecule is [2H]C([2H])([2H])N(C)C([2H])([2H])C([2H])([2H])c1c[nH]c2cccc(F)c12. The van der Waals surface area contributed by atoms with Crippen LogP contribution in [0.3, 0.4) is 0 Å². The zero-order valence-corrected chi connectivity index (χ0v) is 8.13. The Morgan fingerprint density at radius 2 is 2.47 bits per heavy atom. The number of likely N-dealkylation sites (N-methyl/N-ethyl adjacent to an activating group) is 1. The van der Waals surface area contributed by atoms with Crippen LogP contribution < -0.4 is 0 Å². The van der Waals surface area contributed by atoms with Gasteiger partial charge in [-0.3, -0.25) is 0 Å². The number of H-pyrrole nitrogens is 1. The van der Waals surface area contributed by atoms with Crippen LogP contribution in [0.15, 0.2) is 24.4 Å². The van der Waals surface area contributed by atoms with E-state index >= 15 is 0 Å². The zero-order valence-electron chi connectivity index (χ0n) is 15.1. The second-order valence-corrected chi connectivity index (χ2v) is 3.16. The van der Waals surface area contributed by atoms with Crippen LogP contribution in [0.1, 0.15) is 15.2 Å². The smallest absolute Gasteiger partial charge is 0.132 e. The maximum atomic E-state index is 14.0. The number of aromatic nitrogens is 1. The van der Waals surface area contributed by atoms with Crippen molar-refractivity contribution >= 4 is 10.9 Å². The van der Waals surface area contributed by atoms with Crippen molar-refractivity contribution in [3.63, 3.8) is 0 Å². The van der Waals surface area contributed by atoms with Gasteiger partial charge >= 0.3 is 0 Å². The summed E-state index contributed by atoms with van der Waals surface area (Å²) in [5.74, 6) is -0.704. The average Bonchev–Trinajstić information content (AvgIpc) is 2.82. The van der Waals surface area contributed by atoms with Gasteiger partial charge in [-0.2, -0.15) is 0 Å². The highest BCUT2D eigenvalue weighted by Gasteiger charge is 2.07. The summed E-state index contributed by atoms with van der Waals surface area (Å²) in [5.41, 5.74) is 0.0490. The Kier molecular flexibility index (Phi) is 1.25. The number of hydrogen-bond donors (Lipinski definition) is 1. The van der Waals surface area contributed by atoms with E-state index in [4.69, 9.17) is 9.60 Å². The molecule has 0 radical (unpaired) electrons. The molecule has 15 heavy (non-hydrogen) atoms. The number of rotatable bonds is 3. The van der Waals surface area contributed by atoms with Crippen molar-refractivity contribution in [1.29, 1.82) is 0 Å². The Balaban J connectivity index is 2.62. The van der Waals surface area contributed by atoms with E-state index < -0.39 is 25.7 Å². The van der Waals surface area contributed by atoms with E-state index in [0.717, 1.165) is 13.1 Å². The molecule has 0 spiro atoms. The topological polar surface area (TPSA) is 19.0 Å². The first-order valence-corrected chi connectivity index (χ1v) is 4.40. The quantitative estimate of drug-likeness (QED) is 0.829. The molecule has 0 bridgehead atoms. The minimum Gasteiger partial charge on any atom is -0.361 e. The summed E-state index contributed by atoms with van der Waals surface area (Å²) >= 11 is 0. The summed E-state index contributed by atoms with van der Waals surface area (Å²) in [4.78, 5) is 3.01. The molecule has 1 N–H and O–H groups in total. The molecule has 1 aromatic heterocycles. The van der Waals surface area contributed by atoms with E-state index in [-0.39, 0.29) is 10.9 Å². The van der Waals surface area contributed by atoms with Gasteiger partial charge in [0.2, 0.25) is 0 Å². The Morgan fingerprint density at radius 3 is 3.27 bits per heavy atom. The van der Waals surface area contributed by atoms with Crippen LogP contribution in [-0.2, 0) is 6.37 Å². The van der Waals surface area contributed by atoms with E-state index in [1.54, 1.807) is 0 Å². The van der Waals surface area contributed by atoms with Crippen molar-refractivity contribution in [3.05, 3.63) is 35.8 Å². The highest BCUT2D eigenvalue weighted by molar-refractivity contribution is 5.83. The molecule has 80 valence electrons. The van der Waals surface area contributed by atoms with Gasteiger partial charge in [-0.05, 0) is 38.1 Å². The second-order valence-electron chi connectivity index (χ2n) is 3.16. The van der Waals surface area contributed by atoms with Crippen molar-refractivity contribution in [2.75, 3.05) is 20.5 Å². The molecule has 1 heterocycles. The molecule has 0 aliphatic rings. The maximum absolute atomic E-state index is 14.0. The van der Waals surface area contributed by atoms with E-state index in [9.17, 15) is 4.39 Å². The summed E-state index contributed by atoms with van der Waals surface area (Å²) in [6, 6.07) is 4.11. The Hall–Kier alpha value is -1.35. The van der Waals surface area contributed by atoms with Crippen molar-refractivity contribution in [2.45, 2.75) is 6.37 Å². The van der Waals surface area contributed by atoms with Gasteiger partial charge in [-0.25, -0.2) is 4.39 Å². The van der Waals surface area contributed by atoms with Gasteiger partial charge in [0, 0.05) is 33.2 Å². The molecule has 0 fully saturated rings. The Labute approximate surface area is 98.5 Å². The standard InChI is InChI=1S/C12H15FN2/c1-15(2)7-6-9-8-14-11-5-3-4-10(13)12(9)11/h3-5,8,14H,6-7H2,1-2H3/i1D3,6D2,7D2. The lowest BCUT2D eigenvalue weighted by Gasteiger charge is -2.08. The summed E-state index contributed by atoms with van der Waals surface area (Å²) < 4.78 is 67.9. The second kappa shape index (κ2) is 4.03. The van der Waals surface area contributed by atoms with Crippen molar-refractivity contribution in [1.82, 2.24) is 9.88 Å². The van der Waals surface area contributed by atoms with E-state index in [0.29, 0.717) is 10.4 Å². The Morgan fingerprint density at radius 1 is 1.60 bits per heavy atom. The van der Waals surface area contributed by atoms with Crippen molar-refractivity contribution in [2.24, 2.45) is 0 Å². The summed E-state index contributed by atoms with van der Waals surface area (Å²) in [7, 11) is 0.968. The number of halogens is 1. The minimum absolute atomic E-state index is 0.0877.